The molecule has 0 saturated carbocycles. The zero-order chi connectivity index (χ0) is 16.1. The Morgan fingerprint density at radius 1 is 1.26 bits per heavy atom. The van der Waals surface area contributed by atoms with E-state index >= 15 is 0 Å². The van der Waals surface area contributed by atoms with Gasteiger partial charge in [0, 0.05) is 13.1 Å². The zero-order valence-corrected chi connectivity index (χ0v) is 13.7. The Kier molecular flexibility index (Phi) is 5.07. The lowest BCUT2D eigenvalue weighted by molar-refractivity contribution is 0.0569. The van der Waals surface area contributed by atoms with Crippen LogP contribution < -0.4 is 9.47 Å². The van der Waals surface area contributed by atoms with Gasteiger partial charge in [0.25, 0.3) is 0 Å². The number of aromatic nitrogens is 4. The molecule has 1 aromatic heterocycles. The molecular formula is C16H23N5O2. The maximum atomic E-state index is 6.04. The monoisotopic (exact) mass is 317 g/mol. The summed E-state index contributed by atoms with van der Waals surface area (Å²) < 4.78 is 13.7. The first kappa shape index (κ1) is 15.7. The lowest BCUT2D eigenvalue weighted by Crippen LogP contribution is -2.41. The number of tetrazole rings is 1. The molecule has 1 atom stereocenters. The van der Waals surface area contributed by atoms with E-state index in [0.717, 1.165) is 43.4 Å². The average Bonchev–Trinajstić information content (AvgIpc) is 3.01. The lowest BCUT2D eigenvalue weighted by Gasteiger charge is -2.30. The molecule has 0 bridgehead atoms. The van der Waals surface area contributed by atoms with E-state index in [1.807, 2.05) is 28.9 Å². The summed E-state index contributed by atoms with van der Waals surface area (Å²) in [6, 6.07) is 7.79. The quantitative estimate of drug-likeness (QED) is 0.775. The molecule has 3 rings (SSSR count). The second kappa shape index (κ2) is 7.41. The van der Waals surface area contributed by atoms with Crippen molar-refractivity contribution in [3.05, 3.63) is 30.1 Å². The Balaban J connectivity index is 1.61. The van der Waals surface area contributed by atoms with Gasteiger partial charge in [-0.05, 0) is 35.5 Å². The van der Waals surface area contributed by atoms with Gasteiger partial charge in [-0.2, -0.15) is 0 Å². The van der Waals surface area contributed by atoms with Gasteiger partial charge in [-0.25, -0.2) is 4.68 Å². The summed E-state index contributed by atoms with van der Waals surface area (Å²) in [5.41, 5.74) is 0. The van der Waals surface area contributed by atoms with Crippen molar-refractivity contribution < 1.29 is 9.47 Å². The summed E-state index contributed by atoms with van der Waals surface area (Å²) in [5, 5.41) is 12.0. The molecule has 0 aliphatic carbocycles. The number of fused-ring (bicyclic) bond motifs is 1. The normalized spacial score (nSPS) is 16.7. The molecule has 1 aliphatic rings. The van der Waals surface area contributed by atoms with Crippen LogP contribution in [0.5, 0.6) is 11.5 Å². The van der Waals surface area contributed by atoms with E-state index in [4.69, 9.17) is 9.47 Å². The van der Waals surface area contributed by atoms with Gasteiger partial charge >= 0.3 is 0 Å². The number of likely N-dealkylation sites (N-methyl/N-ethyl adjacent to an activating group) is 1. The van der Waals surface area contributed by atoms with Crippen LogP contribution in [0.15, 0.2) is 24.3 Å². The fourth-order valence-corrected chi connectivity index (χ4v) is 2.67. The van der Waals surface area contributed by atoms with Crippen molar-refractivity contribution in [1.29, 1.82) is 0 Å². The summed E-state index contributed by atoms with van der Waals surface area (Å²) in [5.74, 6) is 2.53. The van der Waals surface area contributed by atoms with E-state index < -0.39 is 0 Å². The van der Waals surface area contributed by atoms with Gasteiger partial charge in [0.1, 0.15) is 12.7 Å². The van der Waals surface area contributed by atoms with Crippen LogP contribution >= 0.6 is 0 Å². The molecule has 0 amide bonds. The predicted octanol–water partition coefficient (Wildman–Crippen LogP) is 1.74. The van der Waals surface area contributed by atoms with Crippen LogP contribution in [0.1, 0.15) is 26.1 Å². The van der Waals surface area contributed by atoms with Crippen LogP contribution in [-0.2, 0) is 13.1 Å². The van der Waals surface area contributed by atoms with Gasteiger partial charge in [0.2, 0.25) is 0 Å². The number of para-hydroxylation sites is 2. The van der Waals surface area contributed by atoms with Crippen molar-refractivity contribution in [1.82, 2.24) is 25.1 Å². The number of hydrogen-bond acceptors (Lipinski definition) is 6. The van der Waals surface area contributed by atoms with E-state index in [9.17, 15) is 0 Å². The minimum absolute atomic E-state index is 0.0142. The van der Waals surface area contributed by atoms with Crippen LogP contribution in [0.4, 0.5) is 0 Å². The predicted molar refractivity (Wildman–Crippen MR) is 85.4 cm³/mol. The van der Waals surface area contributed by atoms with E-state index in [0.29, 0.717) is 13.2 Å². The van der Waals surface area contributed by atoms with Gasteiger partial charge in [-0.1, -0.05) is 26.0 Å². The molecule has 0 radical (unpaired) electrons. The molecule has 0 saturated heterocycles. The third-order valence-electron chi connectivity index (χ3n) is 3.88. The van der Waals surface area contributed by atoms with Crippen LogP contribution in [-0.4, -0.2) is 50.9 Å². The second-order valence-electron chi connectivity index (χ2n) is 5.64. The Hall–Kier alpha value is -2.15. The minimum atomic E-state index is 0.0142. The van der Waals surface area contributed by atoms with Gasteiger partial charge in [-0.3, -0.25) is 4.90 Å². The van der Waals surface area contributed by atoms with E-state index in [2.05, 4.69) is 34.3 Å². The Morgan fingerprint density at radius 2 is 2.09 bits per heavy atom. The molecule has 0 unspecified atom stereocenters. The van der Waals surface area contributed by atoms with Crippen LogP contribution in [0, 0.1) is 0 Å². The largest absolute Gasteiger partial charge is 0.486 e. The third-order valence-corrected chi connectivity index (χ3v) is 3.88. The Bertz CT molecular complexity index is 630. The maximum Gasteiger partial charge on any atom is 0.165 e. The molecule has 2 heterocycles. The van der Waals surface area contributed by atoms with Crippen LogP contribution in [0.25, 0.3) is 0 Å². The molecule has 2 aromatic rings. The average molecular weight is 317 g/mol. The highest BCUT2D eigenvalue weighted by Gasteiger charge is 2.23. The molecule has 124 valence electrons. The molecule has 0 N–H and O–H groups in total. The highest BCUT2D eigenvalue weighted by molar-refractivity contribution is 5.40. The lowest BCUT2D eigenvalue weighted by atomic mass is 10.2. The highest BCUT2D eigenvalue weighted by atomic mass is 16.6. The van der Waals surface area contributed by atoms with Gasteiger partial charge in [-0.15, -0.1) is 5.10 Å². The van der Waals surface area contributed by atoms with Crippen molar-refractivity contribution in [2.75, 3.05) is 19.7 Å². The van der Waals surface area contributed by atoms with Crippen molar-refractivity contribution in [3.8, 4) is 11.5 Å². The standard InChI is InChI=1S/C16H23N5O2/c1-3-9-21-16(17-18-19-21)11-20(4-2)10-13-12-22-14-7-5-6-8-15(14)23-13/h5-8,13H,3-4,9-12H2,1-2H3/t13-/m1/s1. The smallest absolute Gasteiger partial charge is 0.165 e. The number of rotatable bonds is 7. The maximum absolute atomic E-state index is 6.04. The van der Waals surface area contributed by atoms with E-state index in [-0.39, 0.29) is 6.10 Å². The summed E-state index contributed by atoms with van der Waals surface area (Å²) >= 11 is 0. The fourth-order valence-electron chi connectivity index (χ4n) is 2.67. The molecule has 7 heteroatoms. The van der Waals surface area contributed by atoms with Crippen LogP contribution in [0.2, 0.25) is 0 Å². The molecule has 0 spiro atoms. The summed E-state index contributed by atoms with van der Waals surface area (Å²) in [6.45, 7) is 8.05. The van der Waals surface area contributed by atoms with Crippen molar-refractivity contribution in [2.45, 2.75) is 39.5 Å². The SMILES string of the molecule is CCCn1nnnc1CN(CC)C[C@@H]1COc2ccccc2O1. The number of ether oxygens (including phenoxy) is 2. The summed E-state index contributed by atoms with van der Waals surface area (Å²) in [4.78, 5) is 2.28. The first-order valence-corrected chi connectivity index (χ1v) is 8.16. The van der Waals surface area contributed by atoms with Crippen molar-refractivity contribution in [3.63, 3.8) is 0 Å². The van der Waals surface area contributed by atoms with Crippen LogP contribution in [0.3, 0.4) is 0 Å². The minimum Gasteiger partial charge on any atom is -0.486 e. The number of hydrogen-bond donors (Lipinski definition) is 0. The van der Waals surface area contributed by atoms with E-state index in [1.54, 1.807) is 0 Å². The summed E-state index contributed by atoms with van der Waals surface area (Å²) in [6.07, 6.45) is 1.03. The number of benzene rings is 1. The second-order valence-corrected chi connectivity index (χ2v) is 5.64. The summed E-state index contributed by atoms with van der Waals surface area (Å²) in [7, 11) is 0. The zero-order valence-electron chi connectivity index (χ0n) is 13.7. The van der Waals surface area contributed by atoms with E-state index in [1.165, 1.54) is 0 Å². The van der Waals surface area contributed by atoms with Gasteiger partial charge in [0.05, 0.1) is 6.54 Å². The van der Waals surface area contributed by atoms with Crippen molar-refractivity contribution in [2.24, 2.45) is 0 Å². The molecule has 0 fully saturated rings. The fraction of sp³-hybridized carbons (Fsp3) is 0.562. The molecular weight excluding hydrogens is 294 g/mol. The highest BCUT2D eigenvalue weighted by Crippen LogP contribution is 2.31. The molecule has 7 nitrogen and oxygen atoms in total. The third kappa shape index (κ3) is 3.79. The van der Waals surface area contributed by atoms with Gasteiger partial charge in [0.15, 0.2) is 17.3 Å². The topological polar surface area (TPSA) is 65.3 Å². The first-order chi connectivity index (χ1) is 11.3. The Labute approximate surface area is 136 Å². The molecule has 1 aliphatic heterocycles. The number of aryl methyl sites for hydroxylation is 1. The number of nitrogens with zero attached hydrogens (tertiary/aromatic N) is 5. The van der Waals surface area contributed by atoms with Gasteiger partial charge < -0.3 is 9.47 Å². The van der Waals surface area contributed by atoms with Crippen molar-refractivity contribution >= 4 is 0 Å². The molecule has 1 aromatic carbocycles. The molecule has 23 heavy (non-hydrogen) atoms. The first-order valence-electron chi connectivity index (χ1n) is 8.16. The Morgan fingerprint density at radius 3 is 2.87 bits per heavy atom.